The molecule has 0 radical (unpaired) electrons. The van der Waals surface area contributed by atoms with Crippen LogP contribution < -0.4 is 10.1 Å². The fraction of sp³-hybridized carbons (Fsp3) is 0.133. The second kappa shape index (κ2) is 6.22. The Morgan fingerprint density at radius 3 is 2.52 bits per heavy atom. The van der Waals surface area contributed by atoms with E-state index in [-0.39, 0.29) is 11.3 Å². The number of anilines is 1. The Morgan fingerprint density at radius 2 is 1.90 bits per heavy atom. The molecule has 0 heterocycles. The number of aryl methyl sites for hydroxylation is 1. The molecule has 0 aliphatic heterocycles. The van der Waals surface area contributed by atoms with Gasteiger partial charge in [-0.25, -0.2) is 8.78 Å². The lowest BCUT2D eigenvalue weighted by Gasteiger charge is -2.09. The van der Waals surface area contributed by atoms with Crippen LogP contribution >= 0.6 is 15.9 Å². The summed E-state index contributed by atoms with van der Waals surface area (Å²) in [6.07, 6.45) is 0. The molecule has 110 valence electrons. The van der Waals surface area contributed by atoms with Crippen LogP contribution in [0.5, 0.6) is 5.75 Å². The lowest BCUT2D eigenvalue weighted by atomic mass is 10.1. The second-order valence-electron chi connectivity index (χ2n) is 4.38. The number of carbonyl (C=O) groups excluding carboxylic acids is 1. The number of methoxy groups -OCH3 is 1. The summed E-state index contributed by atoms with van der Waals surface area (Å²) in [6.45, 7) is 1.45. The zero-order valence-electron chi connectivity index (χ0n) is 11.3. The van der Waals surface area contributed by atoms with E-state index < -0.39 is 17.5 Å². The maximum atomic E-state index is 13.7. The van der Waals surface area contributed by atoms with Crippen molar-refractivity contribution in [3.63, 3.8) is 0 Å². The number of amides is 1. The molecule has 21 heavy (non-hydrogen) atoms. The first-order chi connectivity index (χ1) is 9.92. The van der Waals surface area contributed by atoms with Crippen LogP contribution in [0.1, 0.15) is 15.9 Å². The van der Waals surface area contributed by atoms with E-state index in [1.54, 1.807) is 6.07 Å². The molecular weight excluding hydrogens is 344 g/mol. The molecule has 2 aromatic rings. The first kappa shape index (κ1) is 15.4. The Hall–Kier alpha value is -1.95. The Labute approximate surface area is 129 Å². The highest BCUT2D eigenvalue weighted by molar-refractivity contribution is 9.10. The number of hydrogen-bond donors (Lipinski definition) is 1. The summed E-state index contributed by atoms with van der Waals surface area (Å²) >= 11 is 3.26. The summed E-state index contributed by atoms with van der Waals surface area (Å²) in [4.78, 5) is 12.1. The van der Waals surface area contributed by atoms with E-state index in [1.807, 2.05) is 0 Å². The molecule has 3 nitrogen and oxygen atoms in total. The number of carbonyl (C=O) groups is 1. The molecule has 6 heteroatoms. The van der Waals surface area contributed by atoms with Gasteiger partial charge in [-0.3, -0.25) is 4.79 Å². The van der Waals surface area contributed by atoms with Gasteiger partial charge in [0.1, 0.15) is 17.4 Å². The van der Waals surface area contributed by atoms with Gasteiger partial charge >= 0.3 is 0 Å². The molecule has 2 rings (SSSR count). The van der Waals surface area contributed by atoms with Crippen molar-refractivity contribution in [3.05, 3.63) is 57.6 Å². The van der Waals surface area contributed by atoms with E-state index in [0.717, 1.165) is 12.1 Å². The van der Waals surface area contributed by atoms with Crippen LogP contribution in [0.3, 0.4) is 0 Å². The number of ether oxygens (including phenoxy) is 1. The molecule has 0 atom stereocenters. The largest absolute Gasteiger partial charge is 0.496 e. The molecule has 0 unspecified atom stereocenters. The fourth-order valence-corrected chi connectivity index (χ4v) is 2.28. The Kier molecular flexibility index (Phi) is 4.57. The zero-order valence-corrected chi connectivity index (χ0v) is 12.9. The first-order valence-corrected chi connectivity index (χ1v) is 6.82. The van der Waals surface area contributed by atoms with Crippen LogP contribution in [0.4, 0.5) is 14.5 Å². The van der Waals surface area contributed by atoms with Crippen LogP contribution in [-0.2, 0) is 0 Å². The minimum absolute atomic E-state index is 0.178. The lowest BCUT2D eigenvalue weighted by Crippen LogP contribution is -2.13. The van der Waals surface area contributed by atoms with Gasteiger partial charge in [0.2, 0.25) is 0 Å². The van der Waals surface area contributed by atoms with Gasteiger partial charge in [-0.2, -0.15) is 0 Å². The predicted molar refractivity (Wildman–Crippen MR) is 79.7 cm³/mol. The molecule has 0 fully saturated rings. The zero-order chi connectivity index (χ0) is 15.6. The second-order valence-corrected chi connectivity index (χ2v) is 5.24. The van der Waals surface area contributed by atoms with Crippen molar-refractivity contribution < 1.29 is 18.3 Å². The van der Waals surface area contributed by atoms with Crippen LogP contribution in [0, 0.1) is 18.6 Å². The fourth-order valence-electron chi connectivity index (χ4n) is 1.74. The van der Waals surface area contributed by atoms with Gasteiger partial charge in [-0.15, -0.1) is 0 Å². The van der Waals surface area contributed by atoms with Gasteiger partial charge in [-0.05, 0) is 52.7 Å². The van der Waals surface area contributed by atoms with Crippen molar-refractivity contribution in [2.24, 2.45) is 0 Å². The van der Waals surface area contributed by atoms with Crippen molar-refractivity contribution >= 4 is 27.5 Å². The molecule has 2 aromatic carbocycles. The molecule has 0 saturated carbocycles. The van der Waals surface area contributed by atoms with E-state index in [9.17, 15) is 13.6 Å². The molecule has 0 saturated heterocycles. The van der Waals surface area contributed by atoms with Crippen molar-refractivity contribution in [2.75, 3.05) is 12.4 Å². The topological polar surface area (TPSA) is 38.3 Å². The third kappa shape index (κ3) is 3.39. The SMILES string of the molecule is COc1ccc(C(=O)Nc2cc(F)c(C)cc2F)cc1Br. The summed E-state index contributed by atoms with van der Waals surface area (Å²) in [5, 5.41) is 2.34. The van der Waals surface area contributed by atoms with E-state index in [0.29, 0.717) is 15.8 Å². The maximum Gasteiger partial charge on any atom is 0.255 e. The van der Waals surface area contributed by atoms with Gasteiger partial charge in [-0.1, -0.05) is 0 Å². The minimum Gasteiger partial charge on any atom is -0.496 e. The lowest BCUT2D eigenvalue weighted by molar-refractivity contribution is 0.102. The van der Waals surface area contributed by atoms with Gasteiger partial charge in [0, 0.05) is 11.6 Å². The number of benzene rings is 2. The highest BCUT2D eigenvalue weighted by Gasteiger charge is 2.13. The van der Waals surface area contributed by atoms with Gasteiger partial charge in [0.15, 0.2) is 0 Å². The van der Waals surface area contributed by atoms with Gasteiger partial charge < -0.3 is 10.1 Å². The minimum atomic E-state index is -0.685. The number of hydrogen-bond acceptors (Lipinski definition) is 2. The number of rotatable bonds is 3. The summed E-state index contributed by atoms with van der Waals surface area (Å²) in [6, 6.07) is 6.67. The molecule has 0 aromatic heterocycles. The van der Waals surface area contributed by atoms with E-state index in [2.05, 4.69) is 21.2 Å². The summed E-state index contributed by atoms with van der Waals surface area (Å²) < 4.78 is 32.8. The van der Waals surface area contributed by atoms with Crippen LogP contribution in [0.15, 0.2) is 34.8 Å². The molecule has 0 aliphatic carbocycles. The van der Waals surface area contributed by atoms with E-state index in [4.69, 9.17) is 4.74 Å². The average molecular weight is 356 g/mol. The Balaban J connectivity index is 2.26. The van der Waals surface area contributed by atoms with Gasteiger partial charge in [0.25, 0.3) is 5.91 Å². The molecule has 0 bridgehead atoms. The highest BCUT2D eigenvalue weighted by Crippen LogP contribution is 2.26. The summed E-state index contributed by atoms with van der Waals surface area (Å²) in [5.74, 6) is -1.24. The summed E-state index contributed by atoms with van der Waals surface area (Å²) in [7, 11) is 1.50. The number of halogens is 3. The molecule has 1 N–H and O–H groups in total. The van der Waals surface area contributed by atoms with Crippen molar-refractivity contribution in [2.45, 2.75) is 6.92 Å². The maximum absolute atomic E-state index is 13.7. The van der Waals surface area contributed by atoms with Crippen LogP contribution in [0.2, 0.25) is 0 Å². The molecule has 0 aliphatic rings. The third-order valence-electron chi connectivity index (χ3n) is 2.91. The van der Waals surface area contributed by atoms with Crippen molar-refractivity contribution in [1.82, 2.24) is 0 Å². The Bertz CT molecular complexity index is 704. The monoisotopic (exact) mass is 355 g/mol. The van der Waals surface area contributed by atoms with E-state index in [1.165, 1.54) is 26.2 Å². The van der Waals surface area contributed by atoms with Crippen molar-refractivity contribution in [1.29, 1.82) is 0 Å². The van der Waals surface area contributed by atoms with Gasteiger partial charge in [0.05, 0.1) is 17.3 Å². The molecular formula is C15H12BrF2NO2. The predicted octanol–water partition coefficient (Wildman–Crippen LogP) is 4.30. The summed E-state index contributed by atoms with van der Waals surface area (Å²) in [5.41, 5.74) is 0.274. The van der Waals surface area contributed by atoms with Crippen molar-refractivity contribution in [3.8, 4) is 5.75 Å². The quantitative estimate of drug-likeness (QED) is 0.891. The van der Waals surface area contributed by atoms with Crippen LogP contribution in [-0.4, -0.2) is 13.0 Å². The molecule has 1 amide bonds. The standard InChI is InChI=1S/C15H12BrF2NO2/c1-8-5-12(18)13(7-11(8)17)19-15(20)9-3-4-14(21-2)10(16)6-9/h3-7H,1-2H3,(H,19,20). The first-order valence-electron chi connectivity index (χ1n) is 6.03. The third-order valence-corrected chi connectivity index (χ3v) is 3.53. The number of nitrogens with one attached hydrogen (secondary N) is 1. The smallest absolute Gasteiger partial charge is 0.255 e. The average Bonchev–Trinajstić information content (AvgIpc) is 2.44. The van der Waals surface area contributed by atoms with Crippen LogP contribution in [0.25, 0.3) is 0 Å². The molecule has 0 spiro atoms. The Morgan fingerprint density at radius 1 is 1.19 bits per heavy atom. The normalized spacial score (nSPS) is 10.3. The van der Waals surface area contributed by atoms with E-state index >= 15 is 0 Å². The highest BCUT2D eigenvalue weighted by atomic mass is 79.9.